The molecule has 0 saturated carbocycles. The normalized spacial score (nSPS) is 9.43. The van der Waals surface area contributed by atoms with Crippen molar-refractivity contribution in [2.24, 2.45) is 5.73 Å². The number of phenols is 2. The van der Waals surface area contributed by atoms with Crippen LogP contribution in [0.1, 0.15) is 51.7 Å². The second-order valence-electron chi connectivity index (χ2n) is 9.07. The molecule has 0 bridgehead atoms. The van der Waals surface area contributed by atoms with Gasteiger partial charge in [0.05, 0.1) is 26.4 Å². The number of pyridine rings is 1. The molecule has 0 saturated heterocycles. The van der Waals surface area contributed by atoms with Gasteiger partial charge in [-0.05, 0) is 101 Å². The highest BCUT2D eigenvalue weighted by molar-refractivity contribution is 6.61. The van der Waals surface area contributed by atoms with Gasteiger partial charge in [-0.15, -0.1) is 0 Å². The van der Waals surface area contributed by atoms with E-state index in [2.05, 4.69) is 9.72 Å². The van der Waals surface area contributed by atoms with Crippen LogP contribution in [0.15, 0.2) is 67.0 Å². The van der Waals surface area contributed by atoms with E-state index in [1.165, 1.54) is 18.2 Å². The number of ether oxygens (including phenoxy) is 6. The van der Waals surface area contributed by atoms with E-state index in [1.54, 1.807) is 58.3 Å². The third-order valence-electron chi connectivity index (χ3n) is 5.37. The van der Waals surface area contributed by atoms with Gasteiger partial charge < -0.3 is 44.4 Å². The van der Waals surface area contributed by atoms with Crippen LogP contribution in [0.25, 0.3) is 0 Å². The van der Waals surface area contributed by atoms with Crippen LogP contribution in [-0.2, 0) is 36.6 Å². The Hall–Kier alpha value is -5.08. The first kappa shape index (κ1) is 43.9. The number of carbonyl (C=O) groups excluding carboxylic acids is 4. The molecule has 0 fully saturated rings. The summed E-state index contributed by atoms with van der Waals surface area (Å²) < 4.78 is 28.6. The Morgan fingerprint density at radius 1 is 0.694 bits per heavy atom. The smallest absolute Gasteiger partial charge is 0.504 e. The molecule has 0 unspecified atom stereocenters. The summed E-state index contributed by atoms with van der Waals surface area (Å²) in [5, 5.41) is 18.0. The van der Waals surface area contributed by atoms with Gasteiger partial charge in [0.2, 0.25) is 0 Å². The number of benzene rings is 2. The highest BCUT2D eigenvalue weighted by atomic mass is 35.5. The van der Waals surface area contributed by atoms with Crippen molar-refractivity contribution in [3.05, 3.63) is 78.1 Å². The van der Waals surface area contributed by atoms with Crippen LogP contribution in [0.3, 0.4) is 0 Å². The van der Waals surface area contributed by atoms with Crippen LogP contribution in [0.4, 0.5) is 14.4 Å². The third kappa shape index (κ3) is 23.0. The summed E-state index contributed by atoms with van der Waals surface area (Å²) in [6.45, 7) is 8.26. The molecular weight excluding hydrogens is 664 g/mol. The van der Waals surface area contributed by atoms with Crippen LogP contribution < -0.4 is 15.2 Å². The maximum Gasteiger partial charge on any atom is 0.513 e. The highest BCUT2D eigenvalue weighted by Gasteiger charge is 2.16. The van der Waals surface area contributed by atoms with E-state index >= 15 is 0 Å². The lowest BCUT2D eigenvalue weighted by molar-refractivity contribution is -0.143. The maximum absolute atomic E-state index is 11.6. The van der Waals surface area contributed by atoms with Gasteiger partial charge in [0.15, 0.2) is 23.0 Å². The standard InChI is InChI=1S/C18H24O8.C8H11NO2.C5H5N.C3H5ClO2/c1-4-22-16(19)9-7-8-13-10-11-14(25-17(20)23-5-2)15(12-13)26-18(21)24-6-3;9-4-3-6-1-2-7(10)8(11)5-6;1-2-4-6-5-3-1;1-2-6-3(4)5/h10-12H,4-9H2,1-3H3;1-2,5,10-11H,3-4,9H2;1-5H;2H2,1H3. The molecule has 0 amide bonds. The van der Waals surface area contributed by atoms with E-state index in [0.29, 0.717) is 39.0 Å². The molecule has 0 atom stereocenters. The van der Waals surface area contributed by atoms with Crippen molar-refractivity contribution in [1.29, 1.82) is 0 Å². The first-order valence-corrected chi connectivity index (χ1v) is 15.7. The number of aromatic hydroxyl groups is 2. The number of esters is 1. The lowest BCUT2D eigenvalue weighted by Crippen LogP contribution is -2.14. The third-order valence-corrected chi connectivity index (χ3v) is 5.48. The van der Waals surface area contributed by atoms with Gasteiger partial charge in [0.1, 0.15) is 0 Å². The van der Waals surface area contributed by atoms with Gasteiger partial charge in [-0.1, -0.05) is 18.2 Å². The minimum absolute atomic E-state index is 0.0325. The van der Waals surface area contributed by atoms with E-state index in [-0.39, 0.29) is 48.6 Å². The maximum atomic E-state index is 11.6. The first-order chi connectivity index (χ1) is 23.5. The summed E-state index contributed by atoms with van der Waals surface area (Å²) in [6, 6.07) is 15.2. The average molecular weight is 709 g/mol. The summed E-state index contributed by atoms with van der Waals surface area (Å²) >= 11 is 4.72. The van der Waals surface area contributed by atoms with Crippen LogP contribution in [-0.4, -0.2) is 71.9 Å². The largest absolute Gasteiger partial charge is 0.513 e. The van der Waals surface area contributed by atoms with Crippen LogP contribution in [0, 0.1) is 0 Å². The van der Waals surface area contributed by atoms with Gasteiger partial charge in [-0.3, -0.25) is 9.78 Å². The quantitative estimate of drug-likeness (QED) is 0.0589. The predicted molar refractivity (Wildman–Crippen MR) is 181 cm³/mol. The number of halogens is 1. The van der Waals surface area contributed by atoms with Crippen molar-refractivity contribution >= 4 is 35.3 Å². The number of nitrogens with zero attached hydrogens (tertiary/aromatic N) is 1. The molecule has 2 aromatic carbocycles. The van der Waals surface area contributed by atoms with Crippen LogP contribution in [0.2, 0.25) is 0 Å². The Morgan fingerprint density at radius 2 is 1.24 bits per heavy atom. The van der Waals surface area contributed by atoms with E-state index in [4.69, 9.17) is 51.2 Å². The second-order valence-corrected chi connectivity index (χ2v) is 9.38. The van der Waals surface area contributed by atoms with Crippen molar-refractivity contribution in [3.63, 3.8) is 0 Å². The van der Waals surface area contributed by atoms with Gasteiger partial charge in [0.25, 0.3) is 0 Å². The van der Waals surface area contributed by atoms with Gasteiger partial charge in [-0.25, -0.2) is 14.4 Å². The van der Waals surface area contributed by atoms with E-state index in [9.17, 15) is 19.2 Å². The summed E-state index contributed by atoms with van der Waals surface area (Å²) in [5.74, 6) is -0.379. The highest BCUT2D eigenvalue weighted by Crippen LogP contribution is 2.30. The van der Waals surface area contributed by atoms with E-state index in [1.807, 2.05) is 18.2 Å². The molecule has 15 heteroatoms. The topological polar surface area (TPSA) is 203 Å². The van der Waals surface area contributed by atoms with Gasteiger partial charge >= 0.3 is 23.7 Å². The number of nitrogens with two attached hydrogens (primary N) is 1. The van der Waals surface area contributed by atoms with Crippen LogP contribution in [0.5, 0.6) is 23.0 Å². The average Bonchev–Trinajstić information content (AvgIpc) is 3.06. The Morgan fingerprint density at radius 3 is 1.69 bits per heavy atom. The minimum atomic E-state index is -0.912. The van der Waals surface area contributed by atoms with Crippen molar-refractivity contribution in [3.8, 4) is 23.0 Å². The zero-order valence-electron chi connectivity index (χ0n) is 28.1. The fourth-order valence-electron chi connectivity index (χ4n) is 3.33. The molecule has 49 heavy (non-hydrogen) atoms. The van der Waals surface area contributed by atoms with Crippen molar-refractivity contribution in [2.45, 2.75) is 53.4 Å². The summed E-state index contributed by atoms with van der Waals surface area (Å²) in [5.41, 5.74) is 6.30. The van der Waals surface area contributed by atoms with Crippen molar-refractivity contribution in [1.82, 2.24) is 4.98 Å². The molecule has 0 spiro atoms. The molecule has 14 nitrogen and oxygen atoms in total. The van der Waals surface area contributed by atoms with E-state index in [0.717, 1.165) is 11.1 Å². The number of aryl methyl sites for hydroxylation is 1. The Balaban J connectivity index is 0.000000804. The molecular formula is C34H45ClN2O12. The first-order valence-electron chi connectivity index (χ1n) is 15.4. The number of phenolic OH excluding ortho intramolecular Hbond substituents is 2. The molecule has 3 aromatic rings. The lowest BCUT2D eigenvalue weighted by atomic mass is 10.1. The number of carbonyl (C=O) groups is 4. The Labute approximate surface area is 291 Å². The summed E-state index contributed by atoms with van der Waals surface area (Å²) in [4.78, 5) is 47.8. The SMILES string of the molecule is CCOC(=O)CCCc1ccc(OC(=O)OCC)c(OC(=O)OCC)c1.CCOC(=O)Cl.NCCc1ccc(O)c(O)c1.c1ccncc1. The molecule has 4 N–H and O–H groups in total. The minimum Gasteiger partial charge on any atom is -0.504 e. The van der Waals surface area contributed by atoms with Crippen LogP contribution >= 0.6 is 11.6 Å². The lowest BCUT2D eigenvalue weighted by Gasteiger charge is -2.12. The molecule has 1 heterocycles. The second kappa shape index (κ2) is 28.0. The molecule has 270 valence electrons. The summed E-state index contributed by atoms with van der Waals surface area (Å²) in [6.07, 6.45) is 3.80. The molecule has 0 radical (unpaired) electrons. The predicted octanol–water partition coefficient (Wildman–Crippen LogP) is 6.71. The van der Waals surface area contributed by atoms with Gasteiger partial charge in [0, 0.05) is 30.4 Å². The van der Waals surface area contributed by atoms with Gasteiger partial charge in [-0.2, -0.15) is 0 Å². The Bertz CT molecular complexity index is 1350. The summed E-state index contributed by atoms with van der Waals surface area (Å²) in [7, 11) is 0. The van der Waals surface area contributed by atoms with Crippen molar-refractivity contribution < 1.29 is 57.8 Å². The molecule has 0 aliphatic heterocycles. The Kier molecular flexibility index (Phi) is 25.1. The zero-order chi connectivity index (χ0) is 36.9. The molecule has 1 aromatic heterocycles. The number of rotatable bonds is 12. The molecule has 0 aliphatic carbocycles. The monoisotopic (exact) mass is 708 g/mol. The molecule has 0 aliphatic rings. The molecule has 3 rings (SSSR count). The van der Waals surface area contributed by atoms with E-state index < -0.39 is 17.7 Å². The number of hydrogen-bond donors (Lipinski definition) is 3. The fourth-order valence-corrected chi connectivity index (χ4v) is 3.44. The number of aromatic nitrogens is 1. The zero-order valence-corrected chi connectivity index (χ0v) is 28.9. The fraction of sp³-hybridized carbons (Fsp3) is 0.382. The number of hydrogen-bond acceptors (Lipinski definition) is 14. The van der Waals surface area contributed by atoms with Crippen molar-refractivity contribution in [2.75, 3.05) is 33.0 Å².